The van der Waals surface area contributed by atoms with Crippen LogP contribution in [0.4, 0.5) is 0 Å². The summed E-state index contributed by atoms with van der Waals surface area (Å²) in [4.78, 5) is 16.3. The number of rotatable bonds is 5. The van der Waals surface area contributed by atoms with Gasteiger partial charge in [-0.2, -0.15) is 0 Å². The molecule has 1 aromatic carbocycles. The Bertz CT molecular complexity index is 514. The zero-order valence-electron chi connectivity index (χ0n) is 13.8. The van der Waals surface area contributed by atoms with Gasteiger partial charge in [0.1, 0.15) is 0 Å². The molecular formula is C18H26N2O2S. The standard InChI is InChI=1S/C18H26N2O2S/c1-23-16-6-4-14(5-7-16)13-19-18(21)17-3-2-10-20(17)15-8-11-22-12-9-15/h4-7,15,17H,2-3,8-13H2,1H3,(H,19,21). The third-order valence-electron chi connectivity index (χ3n) is 4.88. The quantitative estimate of drug-likeness (QED) is 0.841. The largest absolute Gasteiger partial charge is 0.381 e. The van der Waals surface area contributed by atoms with Crippen LogP contribution in [0.1, 0.15) is 31.2 Å². The van der Waals surface area contributed by atoms with E-state index < -0.39 is 0 Å². The summed E-state index contributed by atoms with van der Waals surface area (Å²) >= 11 is 1.73. The molecule has 1 atom stereocenters. The highest BCUT2D eigenvalue weighted by molar-refractivity contribution is 7.98. The number of likely N-dealkylation sites (tertiary alicyclic amines) is 1. The highest BCUT2D eigenvalue weighted by atomic mass is 32.2. The summed E-state index contributed by atoms with van der Waals surface area (Å²) < 4.78 is 5.45. The zero-order chi connectivity index (χ0) is 16.1. The van der Waals surface area contributed by atoms with E-state index in [0.29, 0.717) is 12.6 Å². The molecule has 2 aliphatic rings. The fourth-order valence-electron chi connectivity index (χ4n) is 3.57. The summed E-state index contributed by atoms with van der Waals surface area (Å²) in [6.45, 7) is 3.32. The highest BCUT2D eigenvalue weighted by Gasteiger charge is 2.35. The molecule has 2 saturated heterocycles. The van der Waals surface area contributed by atoms with Crippen molar-refractivity contribution < 1.29 is 9.53 Å². The maximum atomic E-state index is 12.6. The van der Waals surface area contributed by atoms with Gasteiger partial charge in [0, 0.05) is 30.7 Å². The number of hydrogen-bond acceptors (Lipinski definition) is 4. The SMILES string of the molecule is CSc1ccc(CNC(=O)C2CCCN2C2CCOCC2)cc1. The van der Waals surface area contributed by atoms with Crippen molar-refractivity contribution in [2.24, 2.45) is 0 Å². The normalized spacial score (nSPS) is 23.1. The topological polar surface area (TPSA) is 41.6 Å². The number of nitrogens with one attached hydrogen (secondary N) is 1. The van der Waals surface area contributed by atoms with Crippen LogP contribution in [0.15, 0.2) is 29.2 Å². The summed E-state index contributed by atoms with van der Waals surface area (Å²) in [6.07, 6.45) is 6.29. The van der Waals surface area contributed by atoms with E-state index in [9.17, 15) is 4.79 Å². The molecule has 1 amide bonds. The van der Waals surface area contributed by atoms with Gasteiger partial charge < -0.3 is 10.1 Å². The van der Waals surface area contributed by atoms with Gasteiger partial charge in [-0.1, -0.05) is 12.1 Å². The number of benzene rings is 1. The Morgan fingerprint density at radius 2 is 2.00 bits per heavy atom. The number of ether oxygens (including phenoxy) is 1. The van der Waals surface area contributed by atoms with Crippen LogP contribution in [0, 0.1) is 0 Å². The van der Waals surface area contributed by atoms with Crippen molar-refractivity contribution in [3.63, 3.8) is 0 Å². The molecule has 1 N–H and O–H groups in total. The molecule has 2 aliphatic heterocycles. The van der Waals surface area contributed by atoms with Crippen LogP contribution in [0.2, 0.25) is 0 Å². The van der Waals surface area contributed by atoms with E-state index in [0.717, 1.165) is 51.0 Å². The summed E-state index contributed by atoms with van der Waals surface area (Å²) in [5.41, 5.74) is 1.16. The van der Waals surface area contributed by atoms with Crippen LogP contribution in [0.3, 0.4) is 0 Å². The minimum absolute atomic E-state index is 0.0450. The van der Waals surface area contributed by atoms with E-state index in [2.05, 4.69) is 40.7 Å². The highest BCUT2D eigenvalue weighted by Crippen LogP contribution is 2.25. The summed E-state index contributed by atoms with van der Waals surface area (Å²) in [7, 11) is 0. The van der Waals surface area contributed by atoms with E-state index >= 15 is 0 Å². The van der Waals surface area contributed by atoms with E-state index in [1.807, 2.05) is 0 Å². The van der Waals surface area contributed by atoms with Crippen LogP contribution in [-0.4, -0.2) is 48.9 Å². The Labute approximate surface area is 143 Å². The van der Waals surface area contributed by atoms with Gasteiger partial charge in [0.05, 0.1) is 6.04 Å². The van der Waals surface area contributed by atoms with Crippen LogP contribution >= 0.6 is 11.8 Å². The summed E-state index contributed by atoms with van der Waals surface area (Å²) in [5.74, 6) is 0.183. The smallest absolute Gasteiger partial charge is 0.237 e. The molecule has 0 bridgehead atoms. The van der Waals surface area contributed by atoms with Gasteiger partial charge in [0.25, 0.3) is 0 Å². The predicted octanol–water partition coefficient (Wildman–Crippen LogP) is 2.67. The van der Waals surface area contributed by atoms with Gasteiger partial charge in [-0.3, -0.25) is 9.69 Å². The van der Waals surface area contributed by atoms with Crippen LogP contribution in [0.25, 0.3) is 0 Å². The Hall–Kier alpha value is -1.04. The van der Waals surface area contributed by atoms with E-state index in [-0.39, 0.29) is 11.9 Å². The van der Waals surface area contributed by atoms with Crippen molar-refractivity contribution in [2.45, 2.75) is 49.2 Å². The third kappa shape index (κ3) is 4.28. The fourth-order valence-corrected chi connectivity index (χ4v) is 3.98. The van der Waals surface area contributed by atoms with Gasteiger partial charge in [0.15, 0.2) is 0 Å². The van der Waals surface area contributed by atoms with Crippen molar-refractivity contribution >= 4 is 17.7 Å². The molecule has 2 heterocycles. The van der Waals surface area contributed by atoms with Crippen LogP contribution in [0.5, 0.6) is 0 Å². The maximum Gasteiger partial charge on any atom is 0.237 e. The maximum absolute atomic E-state index is 12.6. The first-order valence-electron chi connectivity index (χ1n) is 8.52. The monoisotopic (exact) mass is 334 g/mol. The molecule has 0 saturated carbocycles. The number of carbonyl (C=O) groups is 1. The third-order valence-corrected chi connectivity index (χ3v) is 5.63. The number of amides is 1. The fraction of sp³-hybridized carbons (Fsp3) is 0.611. The number of thioether (sulfide) groups is 1. The van der Waals surface area contributed by atoms with E-state index in [1.165, 1.54) is 4.90 Å². The Morgan fingerprint density at radius 1 is 1.26 bits per heavy atom. The molecular weight excluding hydrogens is 308 g/mol. The van der Waals surface area contributed by atoms with Gasteiger partial charge >= 0.3 is 0 Å². The van der Waals surface area contributed by atoms with Gasteiger partial charge in [-0.25, -0.2) is 0 Å². The number of carbonyl (C=O) groups excluding carboxylic acids is 1. The second-order valence-electron chi connectivity index (χ2n) is 6.31. The second-order valence-corrected chi connectivity index (χ2v) is 7.18. The Morgan fingerprint density at radius 3 is 2.70 bits per heavy atom. The van der Waals surface area contributed by atoms with Gasteiger partial charge in [-0.15, -0.1) is 11.8 Å². The lowest BCUT2D eigenvalue weighted by Gasteiger charge is -2.34. The molecule has 126 valence electrons. The minimum Gasteiger partial charge on any atom is -0.381 e. The van der Waals surface area contributed by atoms with E-state index in [4.69, 9.17) is 4.74 Å². The first-order chi connectivity index (χ1) is 11.3. The Kier molecular flexibility index (Phi) is 5.97. The van der Waals surface area contributed by atoms with Crippen LogP contribution < -0.4 is 5.32 Å². The molecule has 23 heavy (non-hydrogen) atoms. The zero-order valence-corrected chi connectivity index (χ0v) is 14.6. The molecule has 1 unspecified atom stereocenters. The molecule has 1 aromatic rings. The average molecular weight is 334 g/mol. The van der Waals surface area contributed by atoms with Crippen molar-refractivity contribution in [1.82, 2.24) is 10.2 Å². The molecule has 5 heteroatoms. The summed E-state index contributed by atoms with van der Waals surface area (Å²) in [6, 6.07) is 8.96. The summed E-state index contributed by atoms with van der Waals surface area (Å²) in [5, 5.41) is 3.13. The van der Waals surface area contributed by atoms with Crippen LogP contribution in [-0.2, 0) is 16.1 Å². The first-order valence-corrected chi connectivity index (χ1v) is 9.74. The number of nitrogens with zero attached hydrogens (tertiary/aromatic N) is 1. The Balaban J connectivity index is 1.53. The van der Waals surface area contributed by atoms with Gasteiger partial charge in [-0.05, 0) is 56.2 Å². The van der Waals surface area contributed by atoms with Gasteiger partial charge in [0.2, 0.25) is 5.91 Å². The van der Waals surface area contributed by atoms with Crippen molar-refractivity contribution in [3.8, 4) is 0 Å². The second kappa shape index (κ2) is 8.18. The van der Waals surface area contributed by atoms with Crippen molar-refractivity contribution in [3.05, 3.63) is 29.8 Å². The van der Waals surface area contributed by atoms with Crippen molar-refractivity contribution in [1.29, 1.82) is 0 Å². The molecule has 0 aliphatic carbocycles. The molecule has 4 nitrogen and oxygen atoms in total. The van der Waals surface area contributed by atoms with Crippen molar-refractivity contribution in [2.75, 3.05) is 26.0 Å². The number of hydrogen-bond donors (Lipinski definition) is 1. The lowest BCUT2D eigenvalue weighted by Crippen LogP contribution is -2.49. The molecule has 0 aromatic heterocycles. The molecule has 2 fully saturated rings. The van der Waals surface area contributed by atoms with E-state index in [1.54, 1.807) is 11.8 Å². The minimum atomic E-state index is 0.0450. The molecule has 3 rings (SSSR count). The lowest BCUT2D eigenvalue weighted by atomic mass is 10.1. The lowest BCUT2D eigenvalue weighted by molar-refractivity contribution is -0.127. The predicted molar refractivity (Wildman–Crippen MR) is 93.6 cm³/mol. The molecule has 0 spiro atoms. The first kappa shape index (κ1) is 16.8. The average Bonchev–Trinajstić information content (AvgIpc) is 3.11. The molecule has 0 radical (unpaired) electrons.